The first-order chi connectivity index (χ1) is 12.3. The molecule has 0 saturated carbocycles. The molecule has 25 heavy (non-hydrogen) atoms. The fourth-order valence-electron chi connectivity index (χ4n) is 3.24. The summed E-state index contributed by atoms with van der Waals surface area (Å²) in [5, 5.41) is 0.996. The number of anilines is 1. The van der Waals surface area contributed by atoms with Crippen molar-refractivity contribution < 1.29 is 4.79 Å². The molecule has 3 aromatic carbocycles. The van der Waals surface area contributed by atoms with Crippen LogP contribution in [0.1, 0.15) is 17.2 Å². The molecule has 1 aliphatic heterocycles. The Morgan fingerprint density at radius 3 is 1.96 bits per heavy atom. The minimum absolute atomic E-state index is 0.107. The van der Waals surface area contributed by atoms with Crippen LogP contribution in [0, 0.1) is 0 Å². The molecule has 0 radical (unpaired) electrons. The first kappa shape index (κ1) is 16.1. The molecule has 0 aromatic heterocycles. The average molecular weight is 392 g/mol. The van der Waals surface area contributed by atoms with E-state index in [4.69, 9.17) is 0 Å². The predicted molar refractivity (Wildman–Crippen MR) is 103 cm³/mol. The van der Waals surface area contributed by atoms with Crippen LogP contribution in [0.25, 0.3) is 0 Å². The molecule has 4 rings (SSSR count). The van der Waals surface area contributed by atoms with Crippen LogP contribution in [-0.2, 0) is 10.1 Å². The molecule has 1 fully saturated rings. The summed E-state index contributed by atoms with van der Waals surface area (Å²) in [4.78, 5) is 15.0. The second-order valence-electron chi connectivity index (χ2n) is 6.12. The van der Waals surface area contributed by atoms with Crippen molar-refractivity contribution in [3.05, 3.63) is 102 Å². The van der Waals surface area contributed by atoms with E-state index in [0.717, 1.165) is 11.0 Å². The van der Waals surface area contributed by atoms with E-state index in [1.807, 2.05) is 47.4 Å². The fraction of sp³-hybridized carbons (Fsp3) is 0.136. The topological polar surface area (TPSA) is 20.3 Å². The third kappa shape index (κ3) is 3.26. The predicted octanol–water partition coefficient (Wildman–Crippen LogP) is 4.47. The van der Waals surface area contributed by atoms with E-state index in [-0.39, 0.29) is 31.7 Å². The van der Waals surface area contributed by atoms with E-state index < -0.39 is 0 Å². The quantitative estimate of drug-likeness (QED) is 0.464. The van der Waals surface area contributed by atoms with Crippen LogP contribution < -0.4 is 4.90 Å². The van der Waals surface area contributed by atoms with Crippen molar-refractivity contribution in [2.75, 3.05) is 4.90 Å². The fourth-order valence-corrected chi connectivity index (χ4v) is 5.92. The summed E-state index contributed by atoms with van der Waals surface area (Å²) in [6, 6.07) is 31.1. The van der Waals surface area contributed by atoms with Gasteiger partial charge in [0.2, 0.25) is 0 Å². The number of benzene rings is 3. The van der Waals surface area contributed by atoms with Crippen molar-refractivity contribution in [2.24, 2.45) is 0 Å². The second-order valence-corrected chi connectivity index (χ2v) is 8.49. The minimum atomic E-state index is 0.107. The number of β-lactam (4-membered cyclic amide) rings is 1. The summed E-state index contributed by atoms with van der Waals surface area (Å²) in [6.07, 6.45) is 0. The number of carbonyl (C=O) groups is 1. The Labute approximate surface area is 154 Å². The molecule has 3 heteroatoms. The molecule has 0 aliphatic carbocycles. The van der Waals surface area contributed by atoms with Gasteiger partial charge in [-0.2, -0.15) is 0 Å². The first-order valence-corrected chi connectivity index (χ1v) is 10.6. The molecular weight excluding hydrogens is 373 g/mol. The van der Waals surface area contributed by atoms with E-state index in [0.29, 0.717) is 0 Å². The van der Waals surface area contributed by atoms with E-state index in [1.165, 1.54) is 11.1 Å². The van der Waals surface area contributed by atoms with E-state index in [1.54, 1.807) is 0 Å². The Hall–Kier alpha value is -2.35. The van der Waals surface area contributed by atoms with Gasteiger partial charge in [-0.25, -0.2) is 0 Å². The maximum atomic E-state index is 12.9. The van der Waals surface area contributed by atoms with Crippen LogP contribution >= 0.6 is 0 Å². The maximum absolute atomic E-state index is 12.9. The van der Waals surface area contributed by atoms with Gasteiger partial charge < -0.3 is 0 Å². The van der Waals surface area contributed by atoms with Gasteiger partial charge in [0, 0.05) is 0 Å². The van der Waals surface area contributed by atoms with Crippen LogP contribution in [0.15, 0.2) is 91.0 Å². The van der Waals surface area contributed by atoms with Gasteiger partial charge >= 0.3 is 155 Å². The van der Waals surface area contributed by atoms with Gasteiger partial charge in [0.05, 0.1) is 0 Å². The van der Waals surface area contributed by atoms with Crippen LogP contribution in [0.2, 0.25) is 4.82 Å². The molecule has 1 heterocycles. The molecule has 1 saturated heterocycles. The van der Waals surface area contributed by atoms with Gasteiger partial charge in [-0.15, -0.1) is 0 Å². The van der Waals surface area contributed by atoms with Crippen LogP contribution in [-0.4, -0.2) is 20.9 Å². The third-order valence-electron chi connectivity index (χ3n) is 4.49. The number of nitrogens with zero attached hydrogens (tertiary/aromatic N) is 1. The van der Waals surface area contributed by atoms with Gasteiger partial charge in [0.25, 0.3) is 0 Å². The van der Waals surface area contributed by atoms with E-state index in [9.17, 15) is 4.79 Å². The van der Waals surface area contributed by atoms with Crippen LogP contribution in [0.5, 0.6) is 0 Å². The zero-order valence-corrected chi connectivity index (χ0v) is 15.5. The van der Waals surface area contributed by atoms with Gasteiger partial charge in [-0.3, -0.25) is 0 Å². The van der Waals surface area contributed by atoms with Crippen molar-refractivity contribution in [3.8, 4) is 0 Å². The molecule has 1 amide bonds. The Balaban J connectivity index is 1.59. The number of hydrogen-bond donors (Lipinski definition) is 0. The number of rotatable bonds is 5. The first-order valence-electron chi connectivity index (χ1n) is 8.43. The molecule has 0 unspecified atom stereocenters. The van der Waals surface area contributed by atoms with Crippen molar-refractivity contribution in [1.29, 1.82) is 0 Å². The number of hydrogen-bond acceptors (Lipinski definition) is 1. The van der Waals surface area contributed by atoms with Crippen molar-refractivity contribution in [1.82, 2.24) is 0 Å². The summed E-state index contributed by atoms with van der Waals surface area (Å²) >= 11 is 0.240. The molecule has 124 valence electrons. The van der Waals surface area contributed by atoms with Crippen molar-refractivity contribution in [2.45, 2.75) is 16.2 Å². The summed E-state index contributed by atoms with van der Waals surface area (Å²) < 4.78 is 0. The third-order valence-corrected chi connectivity index (χ3v) is 7.26. The number of carbonyl (C=O) groups excluding carboxylic acids is 1. The molecule has 2 atom stereocenters. The molecule has 3 aromatic rings. The SMILES string of the molecule is O=C1[C@H]([Se]Cc2ccccc2)[C@@H](c2ccccc2)N1c1ccccc1. The summed E-state index contributed by atoms with van der Waals surface area (Å²) in [5.74, 6) is 0.260. The molecule has 0 bridgehead atoms. The zero-order chi connectivity index (χ0) is 17.1. The Kier molecular flexibility index (Phi) is 4.69. The number of para-hydroxylation sites is 1. The second kappa shape index (κ2) is 7.26. The van der Waals surface area contributed by atoms with Gasteiger partial charge in [-0.05, 0) is 0 Å². The molecule has 0 N–H and O–H groups in total. The Bertz CT molecular complexity index is 836. The molecular formula is C22H19NOSe. The monoisotopic (exact) mass is 393 g/mol. The average Bonchev–Trinajstić information content (AvgIpc) is 2.68. The standard InChI is InChI=1S/C22H19NOSe/c24-22-21(25-16-17-10-4-1-5-11-17)20(18-12-6-2-7-13-18)23(22)19-14-8-3-9-15-19/h1-15,20-21H,16H2/t20-,21-/m1/s1. The molecule has 2 nitrogen and oxygen atoms in total. The molecule has 0 spiro atoms. The zero-order valence-electron chi connectivity index (χ0n) is 13.8. The Morgan fingerprint density at radius 2 is 1.32 bits per heavy atom. The normalized spacial score (nSPS) is 19.5. The van der Waals surface area contributed by atoms with Crippen LogP contribution in [0.3, 0.4) is 0 Å². The summed E-state index contributed by atoms with van der Waals surface area (Å²) in [6.45, 7) is 0. The number of amides is 1. The van der Waals surface area contributed by atoms with Gasteiger partial charge in [0.15, 0.2) is 0 Å². The van der Waals surface area contributed by atoms with E-state index >= 15 is 0 Å². The summed E-state index contributed by atoms with van der Waals surface area (Å²) in [5.41, 5.74) is 3.54. The Morgan fingerprint density at radius 1 is 0.760 bits per heavy atom. The van der Waals surface area contributed by atoms with E-state index in [2.05, 4.69) is 48.5 Å². The van der Waals surface area contributed by atoms with Crippen molar-refractivity contribution >= 4 is 26.6 Å². The van der Waals surface area contributed by atoms with Crippen molar-refractivity contribution in [3.63, 3.8) is 0 Å². The van der Waals surface area contributed by atoms with Crippen LogP contribution in [0.4, 0.5) is 5.69 Å². The van der Waals surface area contributed by atoms with Gasteiger partial charge in [-0.1, -0.05) is 0 Å². The summed E-state index contributed by atoms with van der Waals surface area (Å²) in [7, 11) is 0. The van der Waals surface area contributed by atoms with Gasteiger partial charge in [0.1, 0.15) is 0 Å². The molecule has 1 aliphatic rings.